The van der Waals surface area contributed by atoms with Crippen LogP contribution >= 0.6 is 0 Å². The lowest BCUT2D eigenvalue weighted by Gasteiger charge is -2.14. The van der Waals surface area contributed by atoms with Gasteiger partial charge >= 0.3 is 0 Å². The van der Waals surface area contributed by atoms with Crippen molar-refractivity contribution in [2.45, 2.75) is 59.0 Å². The average molecular weight is 426 g/mol. The number of anilines is 2. The molecule has 0 saturated carbocycles. The Labute approximate surface area is 179 Å². The number of hydrogen-bond donors (Lipinski definition) is 2. The minimum absolute atomic E-state index is 0.0666. The molecule has 12 heteroatoms. The third-order valence-corrected chi connectivity index (χ3v) is 5.16. The van der Waals surface area contributed by atoms with Crippen molar-refractivity contribution in [3.8, 4) is 5.88 Å². The van der Waals surface area contributed by atoms with E-state index < -0.39 is 0 Å². The summed E-state index contributed by atoms with van der Waals surface area (Å²) in [5, 5.41) is 8.42. The summed E-state index contributed by atoms with van der Waals surface area (Å²) >= 11 is 0. The number of hydrogen-bond acceptors (Lipinski definition) is 10. The van der Waals surface area contributed by atoms with E-state index in [1.54, 1.807) is 6.33 Å². The summed E-state index contributed by atoms with van der Waals surface area (Å²) in [6.45, 7) is 8.59. The molecular weight excluding hydrogens is 398 g/mol. The summed E-state index contributed by atoms with van der Waals surface area (Å²) in [7, 11) is 0. The van der Waals surface area contributed by atoms with Gasteiger partial charge in [-0.05, 0) is 27.2 Å². The van der Waals surface area contributed by atoms with E-state index in [2.05, 4.69) is 44.1 Å². The third-order valence-electron chi connectivity index (χ3n) is 5.16. The van der Waals surface area contributed by atoms with Gasteiger partial charge in [-0.1, -0.05) is 18.6 Å². The first kappa shape index (κ1) is 20.7. The van der Waals surface area contributed by atoms with Gasteiger partial charge in [-0.2, -0.15) is 9.97 Å². The van der Waals surface area contributed by atoms with Crippen LogP contribution in [-0.2, 0) is 6.42 Å². The Kier molecular flexibility index (Phi) is 5.53. The summed E-state index contributed by atoms with van der Waals surface area (Å²) in [4.78, 5) is 22.1. The molecule has 4 N–H and O–H groups in total. The van der Waals surface area contributed by atoms with E-state index in [1.807, 2.05) is 23.1 Å². The lowest BCUT2D eigenvalue weighted by Crippen LogP contribution is -2.13. The highest BCUT2D eigenvalue weighted by molar-refractivity contribution is 5.81. The predicted octanol–water partition coefficient (Wildman–Crippen LogP) is 2.09. The van der Waals surface area contributed by atoms with Crippen molar-refractivity contribution in [1.82, 2.24) is 44.5 Å². The Hall–Kier alpha value is -3.57. The molecule has 0 amide bonds. The largest absolute Gasteiger partial charge is 0.476 e. The number of aromatic nitrogens is 9. The Bertz CT molecular complexity index is 1210. The van der Waals surface area contributed by atoms with Crippen molar-refractivity contribution in [3.63, 3.8) is 0 Å². The van der Waals surface area contributed by atoms with Crippen molar-refractivity contribution in [1.29, 1.82) is 0 Å². The molecule has 4 aromatic heterocycles. The number of ether oxygens (including phenoxy) is 1. The van der Waals surface area contributed by atoms with Crippen molar-refractivity contribution < 1.29 is 4.74 Å². The first-order chi connectivity index (χ1) is 14.9. The highest BCUT2D eigenvalue weighted by Gasteiger charge is 2.20. The lowest BCUT2D eigenvalue weighted by molar-refractivity contribution is 0.330. The molecule has 4 aromatic rings. The van der Waals surface area contributed by atoms with E-state index in [-0.39, 0.29) is 18.0 Å². The van der Waals surface area contributed by atoms with Crippen molar-refractivity contribution in [2.75, 3.05) is 18.1 Å². The normalized spacial score (nSPS) is 13.7. The average Bonchev–Trinajstić information content (AvgIpc) is 3.33. The molecule has 0 bridgehead atoms. The molecule has 31 heavy (non-hydrogen) atoms. The summed E-state index contributed by atoms with van der Waals surface area (Å²) in [6.07, 6.45) is 4.21. The van der Waals surface area contributed by atoms with Crippen LogP contribution in [0.2, 0.25) is 0 Å². The molecule has 4 rings (SSSR count). The SMILES string of the molecule is CCCC(C)n1nnc2c(N)nc(CC(C)n3cnc4c(OCC)nc(N)nc43)nc21. The number of nitrogens with zero attached hydrogens (tertiary/aromatic N) is 9. The van der Waals surface area contributed by atoms with E-state index >= 15 is 0 Å². The molecule has 164 valence electrons. The van der Waals surface area contributed by atoms with E-state index in [0.717, 1.165) is 12.8 Å². The van der Waals surface area contributed by atoms with E-state index in [9.17, 15) is 0 Å². The maximum Gasteiger partial charge on any atom is 0.247 e. The second-order valence-corrected chi connectivity index (χ2v) is 7.57. The fourth-order valence-electron chi connectivity index (χ4n) is 3.66. The monoisotopic (exact) mass is 425 g/mol. The fraction of sp³-hybridized carbons (Fsp3) is 0.526. The summed E-state index contributed by atoms with van der Waals surface area (Å²) < 4.78 is 9.29. The standard InChI is InChI=1S/C19H27N11O/c1-5-7-10(3)30-17-13(27-28-30)15(20)23-12(24-17)8-11(4)29-9-22-14-16(29)25-19(21)26-18(14)31-6-2/h9-11H,5-8H2,1-4H3,(H2,20,23,24)(H2,21,25,26). The number of nitrogens with two attached hydrogens (primary N) is 2. The maximum atomic E-state index is 6.16. The van der Waals surface area contributed by atoms with Crippen LogP contribution in [0.25, 0.3) is 22.3 Å². The van der Waals surface area contributed by atoms with Gasteiger partial charge in [-0.25, -0.2) is 19.6 Å². The molecule has 4 heterocycles. The molecule has 0 aliphatic carbocycles. The molecular formula is C19H27N11O. The smallest absolute Gasteiger partial charge is 0.247 e. The number of nitrogen functional groups attached to an aromatic ring is 2. The minimum atomic E-state index is -0.0666. The van der Waals surface area contributed by atoms with Gasteiger partial charge in [0.05, 0.1) is 19.0 Å². The van der Waals surface area contributed by atoms with Crippen LogP contribution in [0.4, 0.5) is 11.8 Å². The van der Waals surface area contributed by atoms with Gasteiger partial charge < -0.3 is 20.8 Å². The van der Waals surface area contributed by atoms with Crippen LogP contribution in [0.1, 0.15) is 58.4 Å². The van der Waals surface area contributed by atoms with Crippen LogP contribution in [0.15, 0.2) is 6.33 Å². The second-order valence-electron chi connectivity index (χ2n) is 7.57. The molecule has 0 fully saturated rings. The Morgan fingerprint density at radius 2 is 1.81 bits per heavy atom. The second kappa shape index (κ2) is 8.28. The highest BCUT2D eigenvalue weighted by atomic mass is 16.5. The fourth-order valence-corrected chi connectivity index (χ4v) is 3.66. The Morgan fingerprint density at radius 3 is 2.55 bits per heavy atom. The first-order valence-corrected chi connectivity index (χ1v) is 10.4. The van der Waals surface area contributed by atoms with Gasteiger partial charge in [0.1, 0.15) is 5.82 Å². The van der Waals surface area contributed by atoms with E-state index in [0.29, 0.717) is 52.9 Å². The first-order valence-electron chi connectivity index (χ1n) is 10.4. The van der Waals surface area contributed by atoms with E-state index in [4.69, 9.17) is 21.2 Å². The number of imidazole rings is 1. The summed E-state index contributed by atoms with van der Waals surface area (Å²) in [6, 6.07) is 0.104. The van der Waals surface area contributed by atoms with Gasteiger partial charge in [-0.3, -0.25) is 0 Å². The zero-order valence-electron chi connectivity index (χ0n) is 18.1. The molecule has 2 unspecified atom stereocenters. The lowest BCUT2D eigenvalue weighted by atomic mass is 10.2. The zero-order valence-corrected chi connectivity index (χ0v) is 18.1. The van der Waals surface area contributed by atoms with Crippen LogP contribution in [0, 0.1) is 0 Å². The molecule has 0 aliphatic rings. The quantitative estimate of drug-likeness (QED) is 0.427. The summed E-state index contributed by atoms with van der Waals surface area (Å²) in [5.41, 5.74) is 14.4. The number of rotatable bonds is 8. The molecule has 0 radical (unpaired) electrons. The highest BCUT2D eigenvalue weighted by Crippen LogP contribution is 2.26. The Balaban J connectivity index is 1.68. The molecule has 0 saturated heterocycles. The van der Waals surface area contributed by atoms with Crippen molar-refractivity contribution in [3.05, 3.63) is 12.2 Å². The topological polar surface area (TPSA) is 161 Å². The zero-order chi connectivity index (χ0) is 22.1. The third kappa shape index (κ3) is 3.80. The van der Waals surface area contributed by atoms with Gasteiger partial charge in [0.15, 0.2) is 28.1 Å². The summed E-state index contributed by atoms with van der Waals surface area (Å²) in [5.74, 6) is 1.42. The van der Waals surface area contributed by atoms with E-state index in [1.165, 1.54) is 0 Å². The van der Waals surface area contributed by atoms with Gasteiger partial charge in [0.25, 0.3) is 0 Å². The van der Waals surface area contributed by atoms with Gasteiger partial charge in [-0.15, -0.1) is 5.10 Å². The molecule has 2 atom stereocenters. The van der Waals surface area contributed by atoms with Crippen molar-refractivity contribution >= 4 is 34.1 Å². The Morgan fingerprint density at radius 1 is 1.00 bits per heavy atom. The van der Waals surface area contributed by atoms with Gasteiger partial charge in [0, 0.05) is 12.5 Å². The predicted molar refractivity (Wildman–Crippen MR) is 116 cm³/mol. The molecule has 0 spiro atoms. The van der Waals surface area contributed by atoms with Crippen LogP contribution < -0.4 is 16.2 Å². The van der Waals surface area contributed by atoms with Crippen LogP contribution in [0.5, 0.6) is 5.88 Å². The minimum Gasteiger partial charge on any atom is -0.476 e. The van der Waals surface area contributed by atoms with Crippen molar-refractivity contribution in [2.24, 2.45) is 0 Å². The van der Waals surface area contributed by atoms with Gasteiger partial charge in [0.2, 0.25) is 11.8 Å². The molecule has 0 aliphatic heterocycles. The molecule has 12 nitrogen and oxygen atoms in total. The number of fused-ring (bicyclic) bond motifs is 2. The van der Waals surface area contributed by atoms with Crippen LogP contribution in [-0.4, -0.2) is 51.1 Å². The van der Waals surface area contributed by atoms with Crippen LogP contribution in [0.3, 0.4) is 0 Å². The molecule has 0 aromatic carbocycles. The maximum absolute atomic E-state index is 6.16.